The zero-order chi connectivity index (χ0) is 27.8. The van der Waals surface area contributed by atoms with Crippen molar-refractivity contribution in [2.24, 2.45) is 0 Å². The molecule has 1 saturated heterocycles. The summed E-state index contributed by atoms with van der Waals surface area (Å²) in [5.41, 5.74) is 5.73. The van der Waals surface area contributed by atoms with E-state index in [1.165, 1.54) is 0 Å². The van der Waals surface area contributed by atoms with Gasteiger partial charge in [0.2, 0.25) is 0 Å². The van der Waals surface area contributed by atoms with Crippen LogP contribution < -0.4 is 21.2 Å². The summed E-state index contributed by atoms with van der Waals surface area (Å²) >= 11 is 0. The van der Waals surface area contributed by atoms with Crippen LogP contribution in [-0.4, -0.2) is 66.6 Å². The lowest BCUT2D eigenvalue weighted by atomic mass is 10.2. The summed E-state index contributed by atoms with van der Waals surface area (Å²) in [6.45, 7) is 21.5. The first-order valence-corrected chi connectivity index (χ1v) is 14.1. The number of rotatable bonds is 9. The molecular weight excluding hydrogens is 486 g/mol. The topological polar surface area (TPSA) is 80.2 Å². The summed E-state index contributed by atoms with van der Waals surface area (Å²) < 4.78 is 6.16. The number of aromatic nitrogens is 6. The SMILES string of the molecule is C=C(N/C(C)=c1\c(CC)nn(Cc2ccn(CCN3CCNCC3)n2)\c1=C\C)c1cnc2ccccn12.CC. The third-order valence-corrected chi connectivity index (χ3v) is 6.97. The molecule has 4 aromatic heterocycles. The van der Waals surface area contributed by atoms with E-state index in [1.807, 2.05) is 48.8 Å². The van der Waals surface area contributed by atoms with Crippen molar-refractivity contribution in [1.29, 1.82) is 0 Å². The predicted octanol–water partition coefficient (Wildman–Crippen LogP) is 2.46. The molecule has 0 unspecified atom stereocenters. The average molecular weight is 530 g/mol. The Morgan fingerprint density at radius 2 is 1.90 bits per heavy atom. The van der Waals surface area contributed by atoms with Crippen molar-refractivity contribution in [2.75, 3.05) is 32.7 Å². The number of nitrogens with zero attached hydrogens (tertiary/aromatic N) is 7. The molecule has 4 aromatic rings. The summed E-state index contributed by atoms with van der Waals surface area (Å²) in [7, 11) is 0. The number of piperazine rings is 1. The minimum atomic E-state index is 0.634. The summed E-state index contributed by atoms with van der Waals surface area (Å²) in [4.78, 5) is 6.98. The molecule has 9 nitrogen and oxygen atoms in total. The van der Waals surface area contributed by atoms with Crippen molar-refractivity contribution in [1.82, 2.24) is 44.5 Å². The number of hydrogen-bond donors (Lipinski definition) is 2. The van der Waals surface area contributed by atoms with E-state index in [4.69, 9.17) is 10.2 Å². The molecule has 0 spiro atoms. The lowest BCUT2D eigenvalue weighted by Gasteiger charge is -2.26. The van der Waals surface area contributed by atoms with Crippen LogP contribution in [0, 0.1) is 0 Å². The highest BCUT2D eigenvalue weighted by atomic mass is 15.3. The molecule has 0 atom stereocenters. The van der Waals surface area contributed by atoms with Crippen molar-refractivity contribution in [3.05, 3.63) is 77.1 Å². The van der Waals surface area contributed by atoms with E-state index >= 15 is 0 Å². The Hall–Kier alpha value is -3.69. The number of pyridine rings is 1. The molecule has 2 N–H and O–H groups in total. The Balaban J connectivity index is 0.00000172. The van der Waals surface area contributed by atoms with Crippen LogP contribution in [0.5, 0.6) is 0 Å². The van der Waals surface area contributed by atoms with Gasteiger partial charge < -0.3 is 10.6 Å². The molecule has 1 fully saturated rings. The fraction of sp³-hybridized carbons (Fsp3) is 0.433. The number of hydrogen-bond acceptors (Lipinski definition) is 6. The normalized spacial score (nSPS) is 15.3. The van der Waals surface area contributed by atoms with Crippen LogP contribution in [0.1, 0.15) is 51.7 Å². The fourth-order valence-electron chi connectivity index (χ4n) is 5.05. The maximum atomic E-state index is 4.98. The number of nitrogens with one attached hydrogen (secondary N) is 2. The lowest BCUT2D eigenvalue weighted by molar-refractivity contribution is 0.229. The quantitative estimate of drug-likeness (QED) is 0.347. The van der Waals surface area contributed by atoms with Crippen LogP contribution in [0.3, 0.4) is 0 Å². The largest absolute Gasteiger partial charge is 0.357 e. The maximum absolute atomic E-state index is 4.98. The van der Waals surface area contributed by atoms with Gasteiger partial charge in [0.1, 0.15) is 5.65 Å². The zero-order valence-electron chi connectivity index (χ0n) is 24.1. The molecule has 1 aliphatic heterocycles. The first-order chi connectivity index (χ1) is 19.1. The molecule has 1 aliphatic rings. The van der Waals surface area contributed by atoms with Gasteiger partial charge in [-0.15, -0.1) is 0 Å². The summed E-state index contributed by atoms with van der Waals surface area (Å²) in [5, 5.41) is 19.0. The van der Waals surface area contributed by atoms with Gasteiger partial charge in [0.25, 0.3) is 0 Å². The van der Waals surface area contributed by atoms with E-state index in [0.717, 1.165) is 90.4 Å². The van der Waals surface area contributed by atoms with Gasteiger partial charge in [0.15, 0.2) is 0 Å². The second kappa shape index (κ2) is 13.4. The maximum Gasteiger partial charge on any atom is 0.137 e. The Kier molecular flexibility index (Phi) is 9.73. The highest BCUT2D eigenvalue weighted by molar-refractivity contribution is 5.68. The standard InChI is InChI=1S/C28H37N9.C2H6/c1-5-24-28(22(4)31-21(3)26-19-30-27-9-7-8-13-36(26)27)25(6-2)37(33-24)20-23-10-14-35(32-23)18-17-34-15-11-29-12-16-34;1-2/h6-10,13-14,19,29,31H,3,5,11-12,15-18,20H2,1-2,4H3;1-2H3/b25-6+,28-22+;. The van der Waals surface area contributed by atoms with E-state index in [2.05, 4.69) is 75.6 Å². The Morgan fingerprint density at radius 1 is 1.10 bits per heavy atom. The van der Waals surface area contributed by atoms with Gasteiger partial charge in [0, 0.05) is 56.0 Å². The molecule has 5 heterocycles. The van der Waals surface area contributed by atoms with Crippen molar-refractivity contribution < 1.29 is 0 Å². The second-order valence-corrected chi connectivity index (χ2v) is 9.47. The van der Waals surface area contributed by atoms with Crippen LogP contribution in [0.15, 0.2) is 49.4 Å². The molecule has 39 heavy (non-hydrogen) atoms. The van der Waals surface area contributed by atoms with Crippen LogP contribution >= 0.6 is 0 Å². The van der Waals surface area contributed by atoms with E-state index in [9.17, 15) is 0 Å². The smallest absolute Gasteiger partial charge is 0.137 e. The number of imidazole rings is 1. The van der Waals surface area contributed by atoms with Crippen LogP contribution in [-0.2, 0) is 19.5 Å². The number of fused-ring (bicyclic) bond motifs is 1. The predicted molar refractivity (Wildman–Crippen MR) is 159 cm³/mol. The lowest BCUT2D eigenvalue weighted by Crippen LogP contribution is -2.44. The van der Waals surface area contributed by atoms with Gasteiger partial charge in [-0.3, -0.25) is 18.7 Å². The molecule has 0 radical (unpaired) electrons. The third-order valence-electron chi connectivity index (χ3n) is 6.97. The minimum absolute atomic E-state index is 0.634. The van der Waals surface area contributed by atoms with Gasteiger partial charge in [0.05, 0.1) is 47.4 Å². The van der Waals surface area contributed by atoms with Crippen molar-refractivity contribution in [2.45, 2.75) is 54.1 Å². The van der Waals surface area contributed by atoms with Gasteiger partial charge in [-0.1, -0.05) is 39.5 Å². The van der Waals surface area contributed by atoms with Crippen LogP contribution in [0.4, 0.5) is 0 Å². The molecule has 0 aliphatic carbocycles. The van der Waals surface area contributed by atoms with Gasteiger partial charge in [-0.05, 0) is 38.5 Å². The Bertz CT molecular complexity index is 1500. The third kappa shape index (κ3) is 6.49. The summed E-state index contributed by atoms with van der Waals surface area (Å²) in [6.07, 6.45) is 8.90. The van der Waals surface area contributed by atoms with Crippen molar-refractivity contribution >= 4 is 23.1 Å². The van der Waals surface area contributed by atoms with Crippen molar-refractivity contribution in [3.63, 3.8) is 0 Å². The van der Waals surface area contributed by atoms with Gasteiger partial charge in [-0.2, -0.15) is 10.2 Å². The summed E-state index contributed by atoms with van der Waals surface area (Å²) in [5.74, 6) is 0. The van der Waals surface area contributed by atoms with E-state index < -0.39 is 0 Å². The molecule has 9 heteroatoms. The van der Waals surface area contributed by atoms with Crippen molar-refractivity contribution in [3.8, 4) is 0 Å². The molecule has 0 aromatic carbocycles. The fourth-order valence-corrected chi connectivity index (χ4v) is 5.05. The monoisotopic (exact) mass is 529 g/mol. The molecule has 208 valence electrons. The second-order valence-electron chi connectivity index (χ2n) is 9.47. The molecule has 0 amide bonds. The molecule has 5 rings (SSSR count). The minimum Gasteiger partial charge on any atom is -0.357 e. The molecular formula is C30H43N9. The average Bonchev–Trinajstić information content (AvgIpc) is 3.70. The molecule has 0 saturated carbocycles. The summed E-state index contributed by atoms with van der Waals surface area (Å²) in [6, 6.07) is 8.08. The van der Waals surface area contributed by atoms with Crippen LogP contribution in [0.25, 0.3) is 23.1 Å². The van der Waals surface area contributed by atoms with E-state index in [1.54, 1.807) is 0 Å². The van der Waals surface area contributed by atoms with Crippen LogP contribution in [0.2, 0.25) is 0 Å². The van der Waals surface area contributed by atoms with Gasteiger partial charge in [-0.25, -0.2) is 4.98 Å². The Labute approximate surface area is 231 Å². The zero-order valence-corrected chi connectivity index (χ0v) is 24.1. The van der Waals surface area contributed by atoms with E-state index in [0.29, 0.717) is 6.54 Å². The Morgan fingerprint density at radius 3 is 2.64 bits per heavy atom. The first kappa shape index (κ1) is 28.3. The van der Waals surface area contributed by atoms with E-state index in [-0.39, 0.29) is 0 Å². The number of aryl methyl sites for hydroxylation is 1. The van der Waals surface area contributed by atoms with Gasteiger partial charge >= 0.3 is 0 Å². The highest BCUT2D eigenvalue weighted by Gasteiger charge is 2.13. The first-order valence-electron chi connectivity index (χ1n) is 14.1. The highest BCUT2D eigenvalue weighted by Crippen LogP contribution is 2.13. The molecule has 0 bridgehead atoms.